The Morgan fingerprint density at radius 1 is 1.48 bits per heavy atom. The Kier molecular flexibility index (Phi) is 4.80. The largest absolute Gasteiger partial charge is 0.461 e. The fraction of sp³-hybridized carbons (Fsp3) is 0.588. The second kappa shape index (κ2) is 6.83. The summed E-state index contributed by atoms with van der Waals surface area (Å²) >= 11 is 1.53. The Bertz CT molecular complexity index is 765. The number of thiophene rings is 1. The molecule has 3 rings (SSSR count). The standard InChI is InChI=1S/C17H22N2O3S/c1-3-13-8-14-16(23-13)18-10-19(17(14)21)9-15(20)22-12-6-4-5-11(2)7-12/h8,10-12H,3-7,9H2,1-2H3/t11-,12-/m0/s1. The van der Waals surface area contributed by atoms with E-state index in [1.54, 1.807) is 0 Å². The van der Waals surface area contributed by atoms with Gasteiger partial charge in [0.25, 0.3) is 5.56 Å². The van der Waals surface area contributed by atoms with E-state index in [2.05, 4.69) is 11.9 Å². The summed E-state index contributed by atoms with van der Waals surface area (Å²) in [6.07, 6.45) is 6.46. The molecule has 124 valence electrons. The minimum absolute atomic E-state index is 0.00789. The van der Waals surface area contributed by atoms with E-state index in [0.717, 1.165) is 35.4 Å². The molecular formula is C17H22N2O3S. The molecule has 1 fully saturated rings. The summed E-state index contributed by atoms with van der Waals surface area (Å²) in [5, 5.41) is 0.591. The molecule has 0 radical (unpaired) electrons. The lowest BCUT2D eigenvalue weighted by atomic mass is 9.89. The molecule has 23 heavy (non-hydrogen) atoms. The van der Waals surface area contributed by atoms with Crippen LogP contribution in [0, 0.1) is 5.92 Å². The monoisotopic (exact) mass is 334 g/mol. The summed E-state index contributed by atoms with van der Waals surface area (Å²) in [6, 6.07) is 1.87. The minimum atomic E-state index is -0.349. The van der Waals surface area contributed by atoms with Crippen molar-refractivity contribution in [2.24, 2.45) is 5.92 Å². The second-order valence-corrected chi connectivity index (χ2v) is 7.46. The van der Waals surface area contributed by atoms with Gasteiger partial charge in [-0.05, 0) is 37.7 Å². The summed E-state index contributed by atoms with van der Waals surface area (Å²) < 4.78 is 6.89. The molecule has 2 aromatic heterocycles. The van der Waals surface area contributed by atoms with E-state index in [1.807, 2.05) is 13.0 Å². The third-order valence-electron chi connectivity index (χ3n) is 4.40. The maximum atomic E-state index is 12.5. The first-order valence-corrected chi connectivity index (χ1v) is 9.05. The highest BCUT2D eigenvalue weighted by molar-refractivity contribution is 7.18. The summed E-state index contributed by atoms with van der Waals surface area (Å²) in [6.45, 7) is 4.17. The van der Waals surface area contributed by atoms with Crippen molar-refractivity contribution >= 4 is 27.5 Å². The number of carbonyl (C=O) groups excluding carboxylic acids is 1. The first-order valence-electron chi connectivity index (χ1n) is 8.24. The first-order chi connectivity index (χ1) is 11.1. The predicted octanol–water partition coefficient (Wildman–Crippen LogP) is 3.14. The van der Waals surface area contributed by atoms with Gasteiger partial charge in [0.15, 0.2) is 0 Å². The molecule has 2 aromatic rings. The number of hydrogen-bond acceptors (Lipinski definition) is 5. The lowest BCUT2D eigenvalue weighted by molar-refractivity contribution is -0.152. The van der Waals surface area contributed by atoms with Gasteiger partial charge in [-0.25, -0.2) is 4.98 Å². The SMILES string of the molecule is CCc1cc2c(=O)n(CC(=O)O[C@H]3CCC[C@H](C)C3)cnc2s1. The Morgan fingerprint density at radius 2 is 2.30 bits per heavy atom. The summed E-state index contributed by atoms with van der Waals surface area (Å²) in [5.74, 6) is 0.249. The average Bonchev–Trinajstić information content (AvgIpc) is 2.94. The third-order valence-corrected chi connectivity index (χ3v) is 5.59. The quantitative estimate of drug-likeness (QED) is 0.806. The van der Waals surface area contributed by atoms with Crippen molar-refractivity contribution in [3.8, 4) is 0 Å². The second-order valence-electron chi connectivity index (χ2n) is 6.35. The van der Waals surface area contributed by atoms with Crippen molar-refractivity contribution in [2.75, 3.05) is 0 Å². The van der Waals surface area contributed by atoms with Crippen molar-refractivity contribution in [3.05, 3.63) is 27.6 Å². The zero-order valence-electron chi connectivity index (χ0n) is 13.6. The predicted molar refractivity (Wildman–Crippen MR) is 90.8 cm³/mol. The Labute approximate surface area is 139 Å². The van der Waals surface area contributed by atoms with Crippen molar-refractivity contribution < 1.29 is 9.53 Å². The lowest BCUT2D eigenvalue weighted by Crippen LogP contribution is -2.30. The van der Waals surface area contributed by atoms with Crippen LogP contribution < -0.4 is 5.56 Å². The van der Waals surface area contributed by atoms with Crippen LogP contribution >= 0.6 is 11.3 Å². The van der Waals surface area contributed by atoms with E-state index in [0.29, 0.717) is 11.3 Å². The van der Waals surface area contributed by atoms with Crippen LogP contribution in [0.1, 0.15) is 44.4 Å². The molecule has 6 heteroatoms. The topological polar surface area (TPSA) is 61.2 Å². The van der Waals surface area contributed by atoms with E-state index >= 15 is 0 Å². The van der Waals surface area contributed by atoms with Crippen LogP contribution in [-0.4, -0.2) is 21.6 Å². The average molecular weight is 334 g/mol. The number of carbonyl (C=O) groups is 1. The van der Waals surface area contributed by atoms with Gasteiger partial charge in [-0.2, -0.15) is 0 Å². The first kappa shape index (κ1) is 16.2. The maximum Gasteiger partial charge on any atom is 0.326 e. The molecule has 5 nitrogen and oxygen atoms in total. The number of aryl methyl sites for hydroxylation is 1. The van der Waals surface area contributed by atoms with Crippen molar-refractivity contribution in [1.82, 2.24) is 9.55 Å². The number of fused-ring (bicyclic) bond motifs is 1. The molecule has 2 atom stereocenters. The molecule has 1 saturated carbocycles. The van der Waals surface area contributed by atoms with E-state index < -0.39 is 0 Å². The van der Waals surface area contributed by atoms with E-state index in [-0.39, 0.29) is 24.2 Å². The number of aromatic nitrogens is 2. The van der Waals surface area contributed by atoms with Gasteiger partial charge in [-0.1, -0.05) is 20.3 Å². The smallest absolute Gasteiger partial charge is 0.326 e. The molecule has 0 aromatic carbocycles. The van der Waals surface area contributed by atoms with Crippen molar-refractivity contribution in [3.63, 3.8) is 0 Å². The molecule has 1 aliphatic carbocycles. The number of rotatable bonds is 4. The van der Waals surface area contributed by atoms with Crippen LogP contribution in [0.5, 0.6) is 0 Å². The summed E-state index contributed by atoms with van der Waals surface area (Å²) in [4.78, 5) is 30.7. The number of nitrogens with zero attached hydrogens (tertiary/aromatic N) is 2. The number of hydrogen-bond donors (Lipinski definition) is 0. The molecule has 0 aliphatic heterocycles. The molecule has 0 spiro atoms. The highest BCUT2D eigenvalue weighted by atomic mass is 32.1. The van der Waals surface area contributed by atoms with Crippen LogP contribution in [-0.2, 0) is 22.5 Å². The lowest BCUT2D eigenvalue weighted by Gasteiger charge is -2.26. The summed E-state index contributed by atoms with van der Waals surface area (Å²) in [7, 11) is 0. The zero-order valence-corrected chi connectivity index (χ0v) is 14.4. The summed E-state index contributed by atoms with van der Waals surface area (Å²) in [5.41, 5.74) is -0.167. The van der Waals surface area contributed by atoms with Gasteiger partial charge >= 0.3 is 5.97 Å². The molecular weight excluding hydrogens is 312 g/mol. The molecule has 1 aliphatic rings. The highest BCUT2D eigenvalue weighted by Gasteiger charge is 2.22. The molecule has 0 unspecified atom stereocenters. The van der Waals surface area contributed by atoms with Crippen molar-refractivity contribution in [2.45, 2.75) is 58.6 Å². The van der Waals surface area contributed by atoms with Gasteiger partial charge in [0.05, 0.1) is 11.7 Å². The Balaban J connectivity index is 1.72. The van der Waals surface area contributed by atoms with Gasteiger partial charge in [0, 0.05) is 4.88 Å². The van der Waals surface area contributed by atoms with Crippen LogP contribution in [0.3, 0.4) is 0 Å². The molecule has 0 N–H and O–H groups in total. The van der Waals surface area contributed by atoms with Gasteiger partial charge in [0.2, 0.25) is 0 Å². The molecule has 2 heterocycles. The Hall–Kier alpha value is -1.69. The zero-order chi connectivity index (χ0) is 16.4. The van der Waals surface area contributed by atoms with Crippen LogP contribution in [0.4, 0.5) is 0 Å². The van der Waals surface area contributed by atoms with Gasteiger partial charge < -0.3 is 4.74 Å². The van der Waals surface area contributed by atoms with Gasteiger partial charge in [-0.15, -0.1) is 11.3 Å². The van der Waals surface area contributed by atoms with Crippen LogP contribution in [0.2, 0.25) is 0 Å². The number of esters is 1. The third kappa shape index (κ3) is 3.63. The molecule has 0 bridgehead atoms. The Morgan fingerprint density at radius 3 is 3.04 bits per heavy atom. The van der Waals surface area contributed by atoms with E-state index in [1.165, 1.54) is 28.7 Å². The fourth-order valence-corrected chi connectivity index (χ4v) is 4.07. The minimum Gasteiger partial charge on any atom is -0.461 e. The molecule has 0 saturated heterocycles. The van der Waals surface area contributed by atoms with Crippen LogP contribution in [0.25, 0.3) is 10.2 Å². The normalized spacial score (nSPS) is 21.5. The van der Waals surface area contributed by atoms with Crippen molar-refractivity contribution in [1.29, 1.82) is 0 Å². The van der Waals surface area contributed by atoms with Gasteiger partial charge in [-0.3, -0.25) is 14.2 Å². The fourth-order valence-electron chi connectivity index (χ4n) is 3.14. The van der Waals surface area contributed by atoms with E-state index in [9.17, 15) is 9.59 Å². The molecule has 0 amide bonds. The number of ether oxygens (including phenoxy) is 1. The van der Waals surface area contributed by atoms with Crippen LogP contribution in [0.15, 0.2) is 17.2 Å². The maximum absolute atomic E-state index is 12.5. The highest BCUT2D eigenvalue weighted by Crippen LogP contribution is 2.26. The van der Waals surface area contributed by atoms with E-state index in [4.69, 9.17) is 4.74 Å². The van der Waals surface area contributed by atoms with Gasteiger partial charge in [0.1, 0.15) is 17.5 Å².